The zero-order chi connectivity index (χ0) is 19.6. The van der Waals surface area contributed by atoms with Crippen molar-refractivity contribution in [3.63, 3.8) is 0 Å². The Balaban J connectivity index is 1.58. The highest BCUT2D eigenvalue weighted by molar-refractivity contribution is 5.10. The van der Waals surface area contributed by atoms with E-state index in [0.29, 0.717) is 24.7 Å². The third-order valence-electron chi connectivity index (χ3n) is 5.27. The van der Waals surface area contributed by atoms with Gasteiger partial charge in [0.2, 0.25) is 0 Å². The van der Waals surface area contributed by atoms with E-state index in [1.54, 1.807) is 41.0 Å². The molecule has 0 aliphatic carbocycles. The van der Waals surface area contributed by atoms with Gasteiger partial charge in [-0.25, -0.2) is 4.98 Å². The standard InChI is InChI=1S/C20H29N5O2/c1-20(2,3)17-11-18(26)25(14-22-17)12-15-5-8-24(9-6-15)13-16-19(27)23(4)10-7-21-16/h7,10-11,14-15H,5-6,8-9,12-13H2,1-4H3. The van der Waals surface area contributed by atoms with E-state index in [4.69, 9.17) is 0 Å². The highest BCUT2D eigenvalue weighted by Crippen LogP contribution is 2.20. The minimum Gasteiger partial charge on any atom is -0.315 e. The van der Waals surface area contributed by atoms with Gasteiger partial charge in [-0.15, -0.1) is 0 Å². The summed E-state index contributed by atoms with van der Waals surface area (Å²) in [7, 11) is 1.75. The second kappa shape index (κ2) is 7.76. The highest BCUT2D eigenvalue weighted by Gasteiger charge is 2.22. The molecular weight excluding hydrogens is 342 g/mol. The average molecular weight is 371 g/mol. The first-order chi connectivity index (χ1) is 12.7. The molecule has 2 aromatic rings. The van der Waals surface area contributed by atoms with Crippen LogP contribution in [-0.2, 0) is 25.6 Å². The van der Waals surface area contributed by atoms with Gasteiger partial charge >= 0.3 is 0 Å². The van der Waals surface area contributed by atoms with Crippen LogP contribution in [0.3, 0.4) is 0 Å². The Morgan fingerprint density at radius 2 is 1.85 bits per heavy atom. The van der Waals surface area contributed by atoms with E-state index in [0.717, 1.165) is 31.6 Å². The van der Waals surface area contributed by atoms with Gasteiger partial charge in [0.25, 0.3) is 11.1 Å². The minimum absolute atomic E-state index is 0.0225. The van der Waals surface area contributed by atoms with Gasteiger partial charge in [-0.3, -0.25) is 24.0 Å². The molecule has 27 heavy (non-hydrogen) atoms. The summed E-state index contributed by atoms with van der Waals surface area (Å²) in [5, 5.41) is 0. The maximum Gasteiger partial charge on any atom is 0.273 e. The third-order valence-corrected chi connectivity index (χ3v) is 5.27. The van der Waals surface area contributed by atoms with Crippen molar-refractivity contribution in [3.8, 4) is 0 Å². The van der Waals surface area contributed by atoms with Gasteiger partial charge in [0.05, 0.1) is 12.0 Å². The Morgan fingerprint density at radius 1 is 1.15 bits per heavy atom. The number of piperidine rings is 1. The van der Waals surface area contributed by atoms with E-state index in [-0.39, 0.29) is 16.5 Å². The van der Waals surface area contributed by atoms with Crippen molar-refractivity contribution >= 4 is 0 Å². The normalized spacial score (nSPS) is 16.6. The maximum atomic E-state index is 12.4. The van der Waals surface area contributed by atoms with Crippen molar-refractivity contribution in [1.29, 1.82) is 0 Å². The van der Waals surface area contributed by atoms with Crippen molar-refractivity contribution in [2.75, 3.05) is 13.1 Å². The lowest BCUT2D eigenvalue weighted by molar-refractivity contribution is 0.164. The number of hydrogen-bond acceptors (Lipinski definition) is 5. The Bertz CT molecular complexity index is 902. The molecule has 0 N–H and O–H groups in total. The van der Waals surface area contributed by atoms with Gasteiger partial charge in [0.15, 0.2) is 0 Å². The molecule has 1 aliphatic rings. The van der Waals surface area contributed by atoms with E-state index in [2.05, 4.69) is 35.6 Å². The van der Waals surface area contributed by atoms with Gasteiger partial charge in [0.1, 0.15) is 5.69 Å². The SMILES string of the molecule is Cn1ccnc(CN2CCC(Cn3cnc(C(C)(C)C)cc3=O)CC2)c1=O. The fourth-order valence-corrected chi connectivity index (χ4v) is 3.45. The first kappa shape index (κ1) is 19.5. The quantitative estimate of drug-likeness (QED) is 0.815. The molecule has 7 nitrogen and oxygen atoms in total. The fourth-order valence-electron chi connectivity index (χ4n) is 3.45. The molecule has 0 unspecified atom stereocenters. The zero-order valence-electron chi connectivity index (χ0n) is 16.7. The molecule has 0 saturated carbocycles. The average Bonchev–Trinajstić information content (AvgIpc) is 2.61. The van der Waals surface area contributed by atoms with Crippen molar-refractivity contribution in [3.05, 3.63) is 56.9 Å². The molecule has 0 aromatic carbocycles. The molecule has 7 heteroatoms. The van der Waals surface area contributed by atoms with Crippen LogP contribution in [0.1, 0.15) is 45.0 Å². The smallest absolute Gasteiger partial charge is 0.273 e. The van der Waals surface area contributed by atoms with Crippen LogP contribution in [-0.4, -0.2) is 37.1 Å². The maximum absolute atomic E-state index is 12.4. The van der Waals surface area contributed by atoms with Gasteiger partial charge < -0.3 is 4.57 Å². The van der Waals surface area contributed by atoms with Crippen molar-refractivity contribution in [2.45, 2.75) is 52.1 Å². The number of nitrogens with zero attached hydrogens (tertiary/aromatic N) is 5. The van der Waals surface area contributed by atoms with Crippen LogP contribution in [0.25, 0.3) is 0 Å². The van der Waals surface area contributed by atoms with E-state index in [9.17, 15) is 9.59 Å². The van der Waals surface area contributed by atoms with E-state index >= 15 is 0 Å². The monoisotopic (exact) mass is 371 g/mol. The summed E-state index contributed by atoms with van der Waals surface area (Å²) in [4.78, 5) is 35.5. The number of aryl methyl sites for hydroxylation is 1. The topological polar surface area (TPSA) is 73.0 Å². The predicted molar refractivity (Wildman–Crippen MR) is 105 cm³/mol. The van der Waals surface area contributed by atoms with Gasteiger partial charge in [-0.2, -0.15) is 0 Å². The molecule has 0 spiro atoms. The molecule has 0 radical (unpaired) electrons. The van der Waals surface area contributed by atoms with Gasteiger partial charge in [-0.05, 0) is 31.8 Å². The molecule has 0 bridgehead atoms. The van der Waals surface area contributed by atoms with E-state index < -0.39 is 0 Å². The van der Waals surface area contributed by atoms with Crippen LogP contribution in [0.5, 0.6) is 0 Å². The molecule has 1 fully saturated rings. The summed E-state index contributed by atoms with van der Waals surface area (Å²) in [5.74, 6) is 0.452. The Labute approximate surface area is 159 Å². The number of rotatable bonds is 4. The molecule has 146 valence electrons. The summed E-state index contributed by atoms with van der Waals surface area (Å²) in [5.41, 5.74) is 1.30. The highest BCUT2D eigenvalue weighted by atomic mass is 16.1. The predicted octanol–water partition coefficient (Wildman–Crippen LogP) is 1.55. The number of likely N-dealkylation sites (tertiary alicyclic amines) is 1. The first-order valence-electron chi connectivity index (χ1n) is 9.54. The van der Waals surface area contributed by atoms with Crippen molar-refractivity contribution in [1.82, 2.24) is 24.0 Å². The molecule has 1 saturated heterocycles. The second-order valence-electron chi connectivity index (χ2n) is 8.52. The summed E-state index contributed by atoms with van der Waals surface area (Å²) in [6.07, 6.45) is 7.03. The molecule has 0 amide bonds. The van der Waals surface area contributed by atoms with Crippen LogP contribution in [0.4, 0.5) is 0 Å². The molecular formula is C20H29N5O2. The molecule has 1 aliphatic heterocycles. The van der Waals surface area contributed by atoms with Crippen LogP contribution >= 0.6 is 0 Å². The Kier molecular flexibility index (Phi) is 5.60. The Morgan fingerprint density at radius 3 is 2.48 bits per heavy atom. The van der Waals surface area contributed by atoms with Crippen molar-refractivity contribution in [2.24, 2.45) is 13.0 Å². The summed E-state index contributed by atoms with van der Waals surface area (Å²) in [6.45, 7) is 9.29. The molecule has 3 rings (SSSR count). The second-order valence-corrected chi connectivity index (χ2v) is 8.52. The van der Waals surface area contributed by atoms with E-state index in [1.807, 2.05) is 0 Å². The van der Waals surface area contributed by atoms with Crippen LogP contribution in [0, 0.1) is 5.92 Å². The molecule has 0 atom stereocenters. The number of aromatic nitrogens is 4. The summed E-state index contributed by atoms with van der Waals surface area (Å²) in [6, 6.07) is 1.66. The van der Waals surface area contributed by atoms with Gasteiger partial charge in [-0.1, -0.05) is 20.8 Å². The zero-order valence-corrected chi connectivity index (χ0v) is 16.7. The first-order valence-corrected chi connectivity index (χ1v) is 9.54. The van der Waals surface area contributed by atoms with Crippen LogP contribution in [0.2, 0.25) is 0 Å². The summed E-state index contributed by atoms with van der Waals surface area (Å²) < 4.78 is 3.29. The lowest BCUT2D eigenvalue weighted by Gasteiger charge is -2.31. The summed E-state index contributed by atoms with van der Waals surface area (Å²) >= 11 is 0. The molecule has 3 heterocycles. The minimum atomic E-state index is -0.119. The largest absolute Gasteiger partial charge is 0.315 e. The van der Waals surface area contributed by atoms with Crippen LogP contribution in [0.15, 0.2) is 34.4 Å². The fraction of sp³-hybridized carbons (Fsp3) is 0.600. The van der Waals surface area contributed by atoms with E-state index in [1.165, 1.54) is 0 Å². The van der Waals surface area contributed by atoms with Crippen molar-refractivity contribution < 1.29 is 0 Å². The number of hydrogen-bond donors (Lipinski definition) is 0. The van der Waals surface area contributed by atoms with Crippen LogP contribution < -0.4 is 11.1 Å². The Hall–Kier alpha value is -2.28. The molecule has 2 aromatic heterocycles. The lowest BCUT2D eigenvalue weighted by atomic mass is 9.92. The lowest BCUT2D eigenvalue weighted by Crippen LogP contribution is -2.38. The third kappa shape index (κ3) is 4.71. The van der Waals surface area contributed by atoms with Gasteiger partial charge in [0, 0.05) is 44.0 Å².